The Morgan fingerprint density at radius 1 is 1.08 bits per heavy atom. The van der Waals surface area contributed by atoms with Gasteiger partial charge in [-0.05, 0) is 43.0 Å². The molecule has 0 saturated carbocycles. The van der Waals surface area contributed by atoms with Crippen LogP contribution in [0.5, 0.6) is 0 Å². The first-order valence-corrected chi connectivity index (χ1v) is 8.28. The molecule has 8 heteroatoms. The van der Waals surface area contributed by atoms with Crippen molar-refractivity contribution in [1.29, 1.82) is 0 Å². The number of nitrogens with two attached hydrogens (primary N) is 1. The Hall–Kier alpha value is -1.08. The van der Waals surface area contributed by atoms with E-state index in [0.29, 0.717) is 26.3 Å². The summed E-state index contributed by atoms with van der Waals surface area (Å²) in [7, 11) is 0. The average Bonchev–Trinajstić information content (AvgIpc) is 2.62. The summed E-state index contributed by atoms with van der Waals surface area (Å²) >= 11 is 0. The molecule has 0 bridgehead atoms. The quantitative estimate of drug-likeness (QED) is 0.853. The number of benzene rings is 1. The standard InChI is InChI=1S/C17H24FN3O2.2ClH/c18-14-1-3-15(4-2-14)20-7-9-21(10-8-20)17(22)16(19)13-5-11-23-12-6-13;;/h1-4,13,16H,5-12,19H2;2*1H. The number of carbonyl (C=O) groups is 1. The summed E-state index contributed by atoms with van der Waals surface area (Å²) in [5, 5.41) is 0. The van der Waals surface area contributed by atoms with Gasteiger partial charge in [-0.25, -0.2) is 4.39 Å². The highest BCUT2D eigenvalue weighted by molar-refractivity contribution is 5.85. The molecule has 0 aliphatic carbocycles. The second kappa shape index (κ2) is 10.2. The van der Waals surface area contributed by atoms with Crippen LogP contribution in [0.4, 0.5) is 10.1 Å². The summed E-state index contributed by atoms with van der Waals surface area (Å²) in [6, 6.07) is 6.07. The Bertz CT molecular complexity index is 533. The molecule has 2 aliphatic heterocycles. The van der Waals surface area contributed by atoms with Crippen LogP contribution in [0.25, 0.3) is 0 Å². The summed E-state index contributed by atoms with van der Waals surface area (Å²) < 4.78 is 18.3. The molecule has 25 heavy (non-hydrogen) atoms. The van der Waals surface area contributed by atoms with Gasteiger partial charge in [0.05, 0.1) is 6.04 Å². The molecule has 1 atom stereocenters. The van der Waals surface area contributed by atoms with Crippen LogP contribution in [0.15, 0.2) is 24.3 Å². The number of nitrogens with zero attached hydrogens (tertiary/aromatic N) is 2. The van der Waals surface area contributed by atoms with Crippen molar-refractivity contribution in [1.82, 2.24) is 4.90 Å². The minimum Gasteiger partial charge on any atom is -0.381 e. The lowest BCUT2D eigenvalue weighted by atomic mass is 9.91. The zero-order valence-electron chi connectivity index (χ0n) is 14.1. The van der Waals surface area contributed by atoms with Crippen molar-refractivity contribution in [3.63, 3.8) is 0 Å². The van der Waals surface area contributed by atoms with Gasteiger partial charge in [0.15, 0.2) is 0 Å². The number of carbonyl (C=O) groups excluding carboxylic acids is 1. The van der Waals surface area contributed by atoms with Gasteiger partial charge in [-0.1, -0.05) is 0 Å². The lowest BCUT2D eigenvalue weighted by Gasteiger charge is -2.38. The van der Waals surface area contributed by atoms with Crippen LogP contribution in [-0.4, -0.2) is 56.2 Å². The molecular weight excluding hydrogens is 368 g/mol. The molecule has 0 aromatic heterocycles. The van der Waals surface area contributed by atoms with Gasteiger partial charge < -0.3 is 20.3 Å². The molecule has 0 radical (unpaired) electrons. The van der Waals surface area contributed by atoms with Crippen molar-refractivity contribution < 1.29 is 13.9 Å². The Kier molecular flexibility index (Phi) is 8.93. The van der Waals surface area contributed by atoms with Crippen LogP contribution >= 0.6 is 24.8 Å². The summed E-state index contributed by atoms with van der Waals surface area (Å²) in [6.07, 6.45) is 1.73. The Labute approximate surface area is 160 Å². The van der Waals surface area contributed by atoms with E-state index in [1.165, 1.54) is 12.1 Å². The first kappa shape index (κ1) is 22.0. The van der Waals surface area contributed by atoms with E-state index in [1.807, 2.05) is 4.90 Å². The van der Waals surface area contributed by atoms with Gasteiger partial charge in [0.25, 0.3) is 0 Å². The van der Waals surface area contributed by atoms with E-state index in [9.17, 15) is 9.18 Å². The highest BCUT2D eigenvalue weighted by Gasteiger charge is 2.31. The van der Waals surface area contributed by atoms with E-state index >= 15 is 0 Å². The van der Waals surface area contributed by atoms with Crippen LogP contribution < -0.4 is 10.6 Å². The SMILES string of the molecule is Cl.Cl.NC(C(=O)N1CCN(c2ccc(F)cc2)CC1)C1CCOCC1. The first-order valence-electron chi connectivity index (χ1n) is 8.28. The van der Waals surface area contributed by atoms with Crippen LogP contribution in [0.2, 0.25) is 0 Å². The Balaban J connectivity index is 0.00000156. The maximum absolute atomic E-state index is 13.0. The van der Waals surface area contributed by atoms with E-state index in [-0.39, 0.29) is 42.5 Å². The minimum atomic E-state index is -0.420. The Morgan fingerprint density at radius 3 is 2.20 bits per heavy atom. The maximum Gasteiger partial charge on any atom is 0.239 e. The van der Waals surface area contributed by atoms with Crippen LogP contribution in [0.1, 0.15) is 12.8 Å². The number of piperazine rings is 1. The number of amides is 1. The van der Waals surface area contributed by atoms with E-state index in [0.717, 1.165) is 31.6 Å². The predicted molar refractivity (Wildman–Crippen MR) is 101 cm³/mol. The van der Waals surface area contributed by atoms with E-state index in [4.69, 9.17) is 10.5 Å². The smallest absolute Gasteiger partial charge is 0.239 e. The highest BCUT2D eigenvalue weighted by atomic mass is 35.5. The zero-order chi connectivity index (χ0) is 16.2. The number of halogens is 3. The van der Waals surface area contributed by atoms with Crippen LogP contribution in [-0.2, 0) is 9.53 Å². The number of hydrogen-bond acceptors (Lipinski definition) is 4. The van der Waals surface area contributed by atoms with Crippen molar-refractivity contribution in [2.75, 3.05) is 44.3 Å². The number of rotatable bonds is 3. The molecule has 0 spiro atoms. The van der Waals surface area contributed by atoms with Gasteiger partial charge in [0.2, 0.25) is 5.91 Å². The monoisotopic (exact) mass is 393 g/mol. The maximum atomic E-state index is 13.0. The van der Waals surface area contributed by atoms with Crippen molar-refractivity contribution in [3.05, 3.63) is 30.1 Å². The van der Waals surface area contributed by atoms with Gasteiger partial charge in [-0.15, -0.1) is 24.8 Å². The molecule has 2 N–H and O–H groups in total. The second-order valence-electron chi connectivity index (χ2n) is 6.26. The van der Waals surface area contributed by atoms with Gasteiger partial charge in [0.1, 0.15) is 5.82 Å². The molecule has 5 nitrogen and oxygen atoms in total. The molecule has 1 aromatic rings. The third-order valence-corrected chi connectivity index (χ3v) is 4.84. The molecule has 2 saturated heterocycles. The fourth-order valence-electron chi connectivity index (χ4n) is 3.32. The largest absolute Gasteiger partial charge is 0.381 e. The topological polar surface area (TPSA) is 58.8 Å². The predicted octanol–water partition coefficient (Wildman–Crippen LogP) is 2.07. The fourth-order valence-corrected chi connectivity index (χ4v) is 3.32. The average molecular weight is 394 g/mol. The third-order valence-electron chi connectivity index (χ3n) is 4.84. The van der Waals surface area contributed by atoms with E-state index in [1.54, 1.807) is 12.1 Å². The lowest BCUT2D eigenvalue weighted by Crippen LogP contribution is -2.55. The highest BCUT2D eigenvalue weighted by Crippen LogP contribution is 2.21. The number of ether oxygens (including phenoxy) is 1. The third kappa shape index (κ3) is 5.45. The van der Waals surface area contributed by atoms with Crippen molar-refractivity contribution in [3.8, 4) is 0 Å². The normalized spacial score (nSPS) is 19.6. The summed E-state index contributed by atoms with van der Waals surface area (Å²) in [5.74, 6) is 0.0482. The van der Waals surface area contributed by atoms with Gasteiger partial charge in [0, 0.05) is 45.1 Å². The number of anilines is 1. The van der Waals surface area contributed by atoms with Crippen molar-refractivity contribution in [2.45, 2.75) is 18.9 Å². The molecule has 142 valence electrons. The molecule has 2 heterocycles. The fraction of sp³-hybridized carbons (Fsp3) is 0.588. The summed E-state index contributed by atoms with van der Waals surface area (Å²) in [4.78, 5) is 16.6. The number of hydrogen-bond donors (Lipinski definition) is 1. The molecule has 2 fully saturated rings. The molecule has 1 amide bonds. The summed E-state index contributed by atoms with van der Waals surface area (Å²) in [5.41, 5.74) is 7.18. The van der Waals surface area contributed by atoms with Crippen molar-refractivity contribution in [2.24, 2.45) is 11.7 Å². The molecular formula is C17H26Cl2FN3O2. The van der Waals surface area contributed by atoms with Crippen LogP contribution in [0.3, 0.4) is 0 Å². The van der Waals surface area contributed by atoms with E-state index < -0.39 is 6.04 Å². The summed E-state index contributed by atoms with van der Waals surface area (Å²) in [6.45, 7) is 4.21. The van der Waals surface area contributed by atoms with Gasteiger partial charge in [-0.3, -0.25) is 4.79 Å². The molecule has 2 aliphatic rings. The molecule has 1 unspecified atom stereocenters. The Morgan fingerprint density at radius 2 is 1.64 bits per heavy atom. The zero-order valence-corrected chi connectivity index (χ0v) is 15.7. The minimum absolute atomic E-state index is 0. The van der Waals surface area contributed by atoms with Crippen molar-refractivity contribution >= 4 is 36.4 Å². The van der Waals surface area contributed by atoms with E-state index in [2.05, 4.69) is 4.90 Å². The van der Waals surface area contributed by atoms with Gasteiger partial charge >= 0.3 is 0 Å². The van der Waals surface area contributed by atoms with Crippen LogP contribution in [0, 0.1) is 11.7 Å². The second-order valence-corrected chi connectivity index (χ2v) is 6.26. The lowest BCUT2D eigenvalue weighted by molar-refractivity contribution is -0.135. The first-order chi connectivity index (χ1) is 11.1. The van der Waals surface area contributed by atoms with Gasteiger partial charge in [-0.2, -0.15) is 0 Å². The molecule has 1 aromatic carbocycles. The molecule has 3 rings (SSSR count).